The van der Waals surface area contributed by atoms with Crippen LogP contribution in [-0.2, 0) is 38.4 Å². The minimum absolute atomic E-state index is 0.0584. The maximum atomic E-state index is 13.1. The molecular weight excluding hydrogens is 868 g/mol. The fourth-order valence-electron chi connectivity index (χ4n) is 9.24. The number of Topliss-reactive ketones (excluding diaryl/α,β-unsaturated/α-hetero) is 5. The van der Waals surface area contributed by atoms with Crippen LogP contribution in [0.3, 0.4) is 0 Å². The highest BCUT2D eigenvalue weighted by Crippen LogP contribution is 2.54. The van der Waals surface area contributed by atoms with E-state index in [1.165, 1.54) is 12.7 Å². The molecule has 3 unspecified atom stereocenters. The molecule has 278 valence electrons. The molecule has 5 aliphatic carbocycles. The van der Waals surface area contributed by atoms with Gasteiger partial charge in [0.2, 0.25) is 0 Å². The number of ketones is 5. The van der Waals surface area contributed by atoms with Gasteiger partial charge in [0.25, 0.3) is 0 Å². The van der Waals surface area contributed by atoms with E-state index in [9.17, 15) is 28.8 Å². The van der Waals surface area contributed by atoms with Gasteiger partial charge in [-0.2, -0.15) is 0 Å². The zero-order valence-corrected chi connectivity index (χ0v) is 35.0. The average Bonchev–Trinajstić information content (AvgIpc) is 3.75. The number of hydrogen-bond acceptors (Lipinski definition) is 7. The molecule has 3 aromatic carbocycles. The summed E-state index contributed by atoms with van der Waals surface area (Å²) in [7, 11) is 1.30. The Hall–Kier alpha value is -3.08. The number of methoxy groups -OCH3 is 1. The van der Waals surface area contributed by atoms with Crippen LogP contribution in [0.25, 0.3) is 0 Å². The van der Waals surface area contributed by atoms with E-state index >= 15 is 0 Å². The maximum Gasteiger partial charge on any atom is 0.319 e. The Morgan fingerprint density at radius 3 is 1.79 bits per heavy atom. The second kappa shape index (κ2) is 15.6. The van der Waals surface area contributed by atoms with Gasteiger partial charge in [0.15, 0.2) is 17.3 Å². The van der Waals surface area contributed by atoms with Crippen LogP contribution in [-0.4, -0.2) is 42.0 Å². The van der Waals surface area contributed by atoms with E-state index in [1.54, 1.807) is 0 Å². The zero-order valence-electron chi connectivity index (χ0n) is 30.3. The van der Waals surface area contributed by atoms with Crippen molar-refractivity contribution in [2.45, 2.75) is 90.9 Å². The fraction of sp³-hybridized carbons (Fsp3) is 0.442. The van der Waals surface area contributed by atoms with Crippen molar-refractivity contribution in [3.8, 4) is 0 Å². The topological polar surface area (TPSA) is 112 Å². The van der Waals surface area contributed by atoms with Crippen molar-refractivity contribution in [1.82, 2.24) is 0 Å². The lowest BCUT2D eigenvalue weighted by molar-refractivity contribution is -0.163. The smallest absolute Gasteiger partial charge is 0.319 e. The van der Waals surface area contributed by atoms with Gasteiger partial charge in [0.05, 0.1) is 7.11 Å². The van der Waals surface area contributed by atoms with Crippen molar-refractivity contribution in [3.05, 3.63) is 101 Å². The Labute approximate surface area is 335 Å². The van der Waals surface area contributed by atoms with E-state index in [0.29, 0.717) is 43.5 Å². The van der Waals surface area contributed by atoms with E-state index in [1.807, 2.05) is 68.4 Å². The number of halogens is 3. The van der Waals surface area contributed by atoms with Crippen molar-refractivity contribution in [2.24, 2.45) is 22.2 Å². The summed E-state index contributed by atoms with van der Waals surface area (Å²) in [5.74, 6) is 0.420. The number of benzene rings is 3. The van der Waals surface area contributed by atoms with Gasteiger partial charge in [-0.15, -0.1) is 0 Å². The standard InChI is InChI=1S/C18H19BrO4.C16H17BrO2.C9H7BrO/c1-3-18(16(22)23-2)10-17(7-6-14(18)20)9-11-4-5-12(19)8-13(11)15(17)21;1-2-10-8-16(6-5-14(10)18)9-11-3-4-12(17)7-13(11)15(16)19;10-7-3-1-6-2-4-9(11)8(6)5-7/h4-5,8H,3,6-7,9-10H2,1-2H3;3-4,7,10H,2,5-6,8-9H2,1H3;1,3,5H,2,4H2/t;10-,16?;/m.0./s1. The van der Waals surface area contributed by atoms with E-state index < -0.39 is 16.8 Å². The first-order valence-electron chi connectivity index (χ1n) is 18.3. The van der Waals surface area contributed by atoms with Gasteiger partial charge in [-0.05, 0) is 111 Å². The number of carbonyl (C=O) groups is 6. The molecule has 0 heterocycles. The number of hydrogen-bond donors (Lipinski definition) is 0. The molecule has 53 heavy (non-hydrogen) atoms. The third-order valence-electron chi connectivity index (χ3n) is 12.3. The van der Waals surface area contributed by atoms with E-state index in [2.05, 4.69) is 47.8 Å². The molecule has 2 spiro atoms. The maximum absolute atomic E-state index is 13.1. The summed E-state index contributed by atoms with van der Waals surface area (Å²) in [6, 6.07) is 17.6. The Kier molecular flexibility index (Phi) is 11.6. The first kappa shape index (κ1) is 39.6. The Balaban J connectivity index is 0.000000144. The molecule has 3 aromatic rings. The SMILES string of the molecule is CCC1(C(=O)OC)CC2(CCC1=O)Cc1ccc(Br)cc1C2=O.CC[C@H]1CC2(CCC1=O)Cc1ccc(Br)cc1C2=O.O=C1CCc2ccc(Br)cc21. The number of aryl methyl sites for hydroxylation is 1. The van der Waals surface area contributed by atoms with Crippen molar-refractivity contribution < 1.29 is 33.5 Å². The van der Waals surface area contributed by atoms with E-state index in [4.69, 9.17) is 4.74 Å². The summed E-state index contributed by atoms with van der Waals surface area (Å²) in [5, 5.41) is 0. The monoisotopic (exact) mass is 908 g/mol. The highest BCUT2D eigenvalue weighted by Gasteiger charge is 2.59. The van der Waals surface area contributed by atoms with Crippen LogP contribution in [0.2, 0.25) is 0 Å². The number of rotatable bonds is 3. The van der Waals surface area contributed by atoms with Crippen molar-refractivity contribution >= 4 is 82.7 Å². The minimum atomic E-state index is -1.18. The van der Waals surface area contributed by atoms with Crippen LogP contribution in [0.15, 0.2) is 68.0 Å². The van der Waals surface area contributed by atoms with Crippen molar-refractivity contribution in [3.63, 3.8) is 0 Å². The molecule has 7 nitrogen and oxygen atoms in total. The van der Waals surface area contributed by atoms with Crippen LogP contribution in [0.1, 0.15) is 119 Å². The summed E-state index contributed by atoms with van der Waals surface area (Å²) < 4.78 is 7.72. The van der Waals surface area contributed by atoms with Crippen LogP contribution < -0.4 is 0 Å². The summed E-state index contributed by atoms with van der Waals surface area (Å²) >= 11 is 10.2. The molecule has 0 saturated heterocycles. The quantitative estimate of drug-likeness (QED) is 0.190. The van der Waals surface area contributed by atoms with Crippen molar-refractivity contribution in [1.29, 1.82) is 0 Å². The molecule has 0 aliphatic heterocycles. The predicted molar refractivity (Wildman–Crippen MR) is 212 cm³/mol. The van der Waals surface area contributed by atoms with Gasteiger partial charge in [0, 0.05) is 66.1 Å². The molecule has 10 heteroatoms. The number of ether oxygens (including phenoxy) is 1. The van der Waals surface area contributed by atoms with Gasteiger partial charge >= 0.3 is 5.97 Å². The molecule has 4 atom stereocenters. The first-order chi connectivity index (χ1) is 25.2. The van der Waals surface area contributed by atoms with Gasteiger partial charge in [-0.1, -0.05) is 79.8 Å². The molecule has 8 rings (SSSR count). The Morgan fingerprint density at radius 2 is 1.23 bits per heavy atom. The lowest BCUT2D eigenvalue weighted by atomic mass is 9.58. The van der Waals surface area contributed by atoms with E-state index in [-0.39, 0.29) is 47.3 Å². The van der Waals surface area contributed by atoms with Crippen LogP contribution in [0.4, 0.5) is 0 Å². The molecule has 0 bridgehead atoms. The van der Waals surface area contributed by atoms with Crippen molar-refractivity contribution in [2.75, 3.05) is 7.11 Å². The summed E-state index contributed by atoms with van der Waals surface area (Å²) in [6.07, 6.45) is 7.31. The molecule has 0 amide bonds. The van der Waals surface area contributed by atoms with Gasteiger partial charge in [-0.3, -0.25) is 28.8 Å². The average molecular weight is 912 g/mol. The summed E-state index contributed by atoms with van der Waals surface area (Å²) in [6.45, 7) is 3.86. The second-order valence-corrected chi connectivity index (χ2v) is 17.9. The normalized spacial score (nSPS) is 26.8. The number of esters is 1. The minimum Gasteiger partial charge on any atom is -0.468 e. The first-order valence-corrected chi connectivity index (χ1v) is 20.7. The molecule has 0 N–H and O–H groups in total. The summed E-state index contributed by atoms with van der Waals surface area (Å²) in [5.41, 5.74) is 3.69. The second-order valence-electron chi connectivity index (χ2n) is 15.2. The molecular formula is C43H43Br3O7. The van der Waals surface area contributed by atoms with Crippen LogP contribution in [0.5, 0.6) is 0 Å². The lowest BCUT2D eigenvalue weighted by Crippen LogP contribution is -2.50. The summed E-state index contributed by atoms with van der Waals surface area (Å²) in [4.78, 5) is 73.7. The number of carbonyl (C=O) groups excluding carboxylic acids is 6. The number of fused-ring (bicyclic) bond motifs is 3. The molecule has 0 aromatic heterocycles. The zero-order chi connectivity index (χ0) is 38.3. The lowest BCUT2D eigenvalue weighted by Gasteiger charge is -2.42. The van der Waals surface area contributed by atoms with Crippen LogP contribution in [0, 0.1) is 22.2 Å². The molecule has 5 aliphatic rings. The van der Waals surface area contributed by atoms with Gasteiger partial charge < -0.3 is 4.74 Å². The highest BCUT2D eigenvalue weighted by atomic mass is 79.9. The Morgan fingerprint density at radius 1 is 0.698 bits per heavy atom. The molecule has 2 fully saturated rings. The highest BCUT2D eigenvalue weighted by molar-refractivity contribution is 9.11. The van der Waals surface area contributed by atoms with E-state index in [0.717, 1.165) is 67.8 Å². The third-order valence-corrected chi connectivity index (χ3v) is 13.7. The third kappa shape index (κ3) is 7.37. The largest absolute Gasteiger partial charge is 0.468 e. The van der Waals surface area contributed by atoms with Crippen LogP contribution >= 0.6 is 47.8 Å². The van der Waals surface area contributed by atoms with Gasteiger partial charge in [-0.25, -0.2) is 0 Å². The Bertz CT molecular complexity index is 2030. The molecule has 2 saturated carbocycles. The predicted octanol–water partition coefficient (Wildman–Crippen LogP) is 10.0. The van der Waals surface area contributed by atoms with Gasteiger partial charge in [0.1, 0.15) is 17.0 Å². The fourth-order valence-corrected chi connectivity index (χ4v) is 10.3. The molecule has 0 radical (unpaired) electrons.